The average molecular weight is 449 g/mol. The van der Waals surface area contributed by atoms with Gasteiger partial charge in [-0.15, -0.1) is 11.3 Å². The summed E-state index contributed by atoms with van der Waals surface area (Å²) >= 11 is 1.37. The van der Waals surface area contributed by atoms with Crippen molar-refractivity contribution < 1.29 is 23.6 Å². The molecule has 3 aromatic rings. The predicted octanol–water partition coefficient (Wildman–Crippen LogP) is 2.99. The molecule has 0 saturated carbocycles. The van der Waals surface area contributed by atoms with Crippen LogP contribution >= 0.6 is 11.3 Å². The van der Waals surface area contributed by atoms with Gasteiger partial charge in [0.2, 0.25) is 5.91 Å². The highest BCUT2D eigenvalue weighted by Crippen LogP contribution is 2.39. The largest absolute Gasteiger partial charge is 0.467 e. The number of hydrogen-bond acceptors (Lipinski definition) is 6. The molecule has 0 atom stereocenters. The molecule has 1 aliphatic carbocycles. The van der Waals surface area contributed by atoms with Crippen molar-refractivity contribution in [1.82, 2.24) is 10.2 Å². The van der Waals surface area contributed by atoms with Gasteiger partial charge < -0.3 is 15.1 Å². The highest BCUT2D eigenvalue weighted by Gasteiger charge is 2.36. The summed E-state index contributed by atoms with van der Waals surface area (Å²) in [7, 11) is 0. The number of benzene rings is 1. The van der Waals surface area contributed by atoms with Crippen LogP contribution in [0.4, 0.5) is 5.00 Å². The molecule has 2 N–H and O–H groups in total. The van der Waals surface area contributed by atoms with Gasteiger partial charge in [-0.05, 0) is 49.1 Å². The summed E-state index contributed by atoms with van der Waals surface area (Å²) in [6.07, 6.45) is 4.12. The van der Waals surface area contributed by atoms with E-state index in [4.69, 9.17) is 4.42 Å². The summed E-state index contributed by atoms with van der Waals surface area (Å²) in [5.41, 5.74) is 1.98. The van der Waals surface area contributed by atoms with E-state index in [0.29, 0.717) is 27.5 Å². The Bertz CT molecular complexity index is 1210. The van der Waals surface area contributed by atoms with Crippen molar-refractivity contribution in [2.75, 3.05) is 11.9 Å². The molecule has 0 fully saturated rings. The van der Waals surface area contributed by atoms with Crippen LogP contribution in [-0.2, 0) is 24.2 Å². The molecule has 5 rings (SSSR count). The smallest absolute Gasteiger partial charge is 0.262 e. The van der Waals surface area contributed by atoms with Gasteiger partial charge in [0.25, 0.3) is 17.7 Å². The van der Waals surface area contributed by atoms with Gasteiger partial charge in [0.1, 0.15) is 17.3 Å². The van der Waals surface area contributed by atoms with Crippen LogP contribution < -0.4 is 10.6 Å². The molecule has 2 aliphatic rings. The number of anilines is 1. The van der Waals surface area contributed by atoms with Crippen molar-refractivity contribution in [1.29, 1.82) is 0 Å². The minimum atomic E-state index is -0.528. The molecule has 32 heavy (non-hydrogen) atoms. The molecule has 0 bridgehead atoms. The lowest BCUT2D eigenvalue weighted by atomic mass is 10.1. The second-order valence-corrected chi connectivity index (χ2v) is 8.72. The number of hydrogen-bond donors (Lipinski definition) is 2. The number of amides is 4. The lowest BCUT2D eigenvalue weighted by Crippen LogP contribution is -2.37. The maximum Gasteiger partial charge on any atom is 0.262 e. The Labute approximate surface area is 187 Å². The van der Waals surface area contributed by atoms with Crippen molar-refractivity contribution in [2.24, 2.45) is 0 Å². The van der Waals surface area contributed by atoms with Crippen LogP contribution in [0.2, 0.25) is 0 Å². The summed E-state index contributed by atoms with van der Waals surface area (Å²) < 4.78 is 5.26. The second-order valence-electron chi connectivity index (χ2n) is 7.61. The number of imide groups is 1. The summed E-state index contributed by atoms with van der Waals surface area (Å²) in [5, 5.41) is 6.03. The third-order valence-electron chi connectivity index (χ3n) is 5.58. The van der Waals surface area contributed by atoms with Crippen LogP contribution in [0, 0.1) is 0 Å². The van der Waals surface area contributed by atoms with Gasteiger partial charge in [-0.25, -0.2) is 0 Å². The highest BCUT2D eigenvalue weighted by molar-refractivity contribution is 7.17. The fraction of sp³-hybridized carbons (Fsp3) is 0.217. The number of nitrogens with one attached hydrogen (secondary N) is 2. The molecular weight excluding hydrogens is 430 g/mol. The van der Waals surface area contributed by atoms with E-state index in [0.717, 1.165) is 34.6 Å². The molecule has 0 radical (unpaired) electrons. The standard InChI is InChI=1S/C23H19N3O5S/c27-18(12-26-22(29)14-6-1-2-7-15(14)23(26)30)25-21-19(16-8-3-9-17(16)32-21)20(28)24-11-13-5-4-10-31-13/h1-2,4-7,10H,3,8-9,11-12H2,(H,24,28)(H,25,27). The van der Waals surface area contributed by atoms with Crippen LogP contribution in [0.15, 0.2) is 47.1 Å². The summed E-state index contributed by atoms with van der Waals surface area (Å²) in [5.74, 6) is -1.19. The van der Waals surface area contributed by atoms with Gasteiger partial charge in [0.05, 0.1) is 29.5 Å². The highest BCUT2D eigenvalue weighted by atomic mass is 32.1. The van der Waals surface area contributed by atoms with Crippen LogP contribution in [0.3, 0.4) is 0 Å². The van der Waals surface area contributed by atoms with E-state index in [2.05, 4.69) is 10.6 Å². The Morgan fingerprint density at radius 2 is 1.78 bits per heavy atom. The van der Waals surface area contributed by atoms with E-state index in [1.807, 2.05) is 0 Å². The van der Waals surface area contributed by atoms with E-state index in [1.165, 1.54) is 17.6 Å². The van der Waals surface area contributed by atoms with Gasteiger partial charge in [0, 0.05) is 4.88 Å². The Morgan fingerprint density at radius 1 is 1.03 bits per heavy atom. The first kappa shape index (κ1) is 20.2. The third kappa shape index (κ3) is 3.50. The molecule has 0 unspecified atom stereocenters. The first-order valence-electron chi connectivity index (χ1n) is 10.2. The minimum Gasteiger partial charge on any atom is -0.467 e. The number of aryl methyl sites for hydroxylation is 1. The molecule has 4 amide bonds. The van der Waals surface area contributed by atoms with Crippen molar-refractivity contribution in [3.8, 4) is 0 Å². The van der Waals surface area contributed by atoms with Crippen LogP contribution in [0.1, 0.15) is 53.7 Å². The normalized spacial score (nSPS) is 14.4. The number of furan rings is 1. The predicted molar refractivity (Wildman–Crippen MR) is 117 cm³/mol. The Kier molecular flexibility index (Phi) is 5.10. The summed E-state index contributed by atoms with van der Waals surface area (Å²) in [6, 6.07) is 10.00. The topological polar surface area (TPSA) is 109 Å². The van der Waals surface area contributed by atoms with E-state index >= 15 is 0 Å². The zero-order valence-electron chi connectivity index (χ0n) is 17.0. The van der Waals surface area contributed by atoms with Gasteiger partial charge >= 0.3 is 0 Å². The van der Waals surface area contributed by atoms with Gasteiger partial charge in [-0.3, -0.25) is 24.1 Å². The second kappa shape index (κ2) is 8.08. The number of carbonyl (C=O) groups excluding carboxylic acids is 4. The first-order valence-corrected chi connectivity index (χ1v) is 11.0. The number of nitrogens with zero attached hydrogens (tertiary/aromatic N) is 1. The fourth-order valence-corrected chi connectivity index (χ4v) is 5.40. The molecule has 9 heteroatoms. The van der Waals surface area contributed by atoms with Crippen molar-refractivity contribution >= 4 is 40.0 Å². The number of rotatable bonds is 6. The Morgan fingerprint density at radius 3 is 2.47 bits per heavy atom. The molecule has 0 saturated heterocycles. The fourth-order valence-electron chi connectivity index (χ4n) is 4.09. The van der Waals surface area contributed by atoms with Crippen LogP contribution in [0.5, 0.6) is 0 Å². The van der Waals surface area contributed by atoms with Crippen LogP contribution in [-0.4, -0.2) is 35.1 Å². The van der Waals surface area contributed by atoms with Crippen molar-refractivity contribution in [3.05, 3.63) is 75.6 Å². The first-order chi connectivity index (χ1) is 15.5. The lowest BCUT2D eigenvalue weighted by molar-refractivity contribution is -0.116. The molecule has 1 aromatic carbocycles. The number of thiophene rings is 1. The van der Waals surface area contributed by atoms with Crippen LogP contribution in [0.25, 0.3) is 0 Å². The van der Waals surface area contributed by atoms with E-state index < -0.39 is 24.3 Å². The zero-order chi connectivity index (χ0) is 22.2. The molecule has 3 heterocycles. The van der Waals surface area contributed by atoms with E-state index in [-0.39, 0.29) is 12.5 Å². The molecule has 0 spiro atoms. The minimum absolute atomic E-state index is 0.235. The maximum atomic E-state index is 12.9. The SMILES string of the molecule is O=C(CN1C(=O)c2ccccc2C1=O)Nc1sc2c(c1C(=O)NCc1ccco1)CCC2. The van der Waals surface area contributed by atoms with Gasteiger partial charge in [0.15, 0.2) is 0 Å². The molecule has 8 nitrogen and oxygen atoms in total. The summed E-state index contributed by atoms with van der Waals surface area (Å²) in [6.45, 7) is -0.179. The van der Waals surface area contributed by atoms with E-state index in [1.54, 1.807) is 36.4 Å². The number of fused-ring (bicyclic) bond motifs is 2. The van der Waals surface area contributed by atoms with Crippen molar-refractivity contribution in [3.63, 3.8) is 0 Å². The quantitative estimate of drug-likeness (QED) is 0.563. The average Bonchev–Trinajstić information content (AvgIpc) is 3.55. The zero-order valence-corrected chi connectivity index (χ0v) is 17.8. The lowest BCUT2D eigenvalue weighted by Gasteiger charge is -2.14. The van der Waals surface area contributed by atoms with E-state index in [9.17, 15) is 19.2 Å². The Hall–Kier alpha value is -3.72. The Balaban J connectivity index is 1.32. The van der Waals surface area contributed by atoms with Crippen molar-refractivity contribution in [2.45, 2.75) is 25.8 Å². The van der Waals surface area contributed by atoms with Gasteiger partial charge in [-0.2, -0.15) is 0 Å². The molecule has 1 aliphatic heterocycles. The monoisotopic (exact) mass is 449 g/mol. The third-order valence-corrected chi connectivity index (χ3v) is 6.79. The maximum absolute atomic E-state index is 12.9. The molecular formula is C23H19N3O5S. The summed E-state index contributed by atoms with van der Waals surface area (Å²) in [4.78, 5) is 52.8. The molecule has 162 valence electrons. The molecule has 2 aromatic heterocycles. The van der Waals surface area contributed by atoms with Gasteiger partial charge in [-0.1, -0.05) is 12.1 Å². The number of carbonyl (C=O) groups is 4.